The Hall–Kier alpha value is 0. The summed E-state index contributed by atoms with van der Waals surface area (Å²) in [6, 6.07) is 0. The molecule has 0 amide bonds. The zero-order valence-corrected chi connectivity index (χ0v) is 4.62. The fourth-order valence-corrected chi connectivity index (χ4v) is 0.718. The molecule has 0 N–H and O–H groups in total. The Balaban J connectivity index is 2.99. The van der Waals surface area contributed by atoms with E-state index in [1.54, 1.807) is 0 Å². The van der Waals surface area contributed by atoms with E-state index >= 15 is 0 Å². The van der Waals surface area contributed by atoms with Crippen molar-refractivity contribution in [1.29, 1.82) is 0 Å². The summed E-state index contributed by atoms with van der Waals surface area (Å²) >= 11 is 0. The number of hydrogen-bond donors (Lipinski definition) is 0. The van der Waals surface area contributed by atoms with Crippen LogP contribution in [0.3, 0.4) is 0 Å². The van der Waals surface area contributed by atoms with Gasteiger partial charge in [-0.25, -0.2) is 0 Å². The molecule has 1 rings (SSSR count). The lowest BCUT2D eigenvalue weighted by Gasteiger charge is -2.15. The predicted molar refractivity (Wildman–Crippen MR) is 32.2 cm³/mol. The minimum Gasteiger partial charge on any atom is -0.0625 e. The normalized spacial score (nSPS) is 68.4. The van der Waals surface area contributed by atoms with Crippen molar-refractivity contribution >= 4 is 0 Å². The summed E-state index contributed by atoms with van der Waals surface area (Å²) in [5.74, 6) is -1.28. The lowest BCUT2D eigenvalue weighted by atomic mass is 9.91. The molecule has 42 valence electrons. The first-order valence-corrected chi connectivity index (χ1v) is 2.71. The van der Waals surface area contributed by atoms with E-state index in [1.807, 2.05) is 0 Å². The zero-order chi connectivity index (χ0) is 9.62. The van der Waals surface area contributed by atoms with Gasteiger partial charge in [-0.2, -0.15) is 0 Å². The van der Waals surface area contributed by atoms with Crippen LogP contribution in [0.25, 0.3) is 0 Å². The van der Waals surface area contributed by atoms with Crippen LogP contribution in [0.4, 0.5) is 0 Å². The van der Waals surface area contributed by atoms with E-state index in [1.165, 1.54) is 6.92 Å². The number of rotatable bonds is 0. The van der Waals surface area contributed by atoms with Crippen molar-refractivity contribution in [2.45, 2.75) is 38.9 Å². The molecule has 0 radical (unpaired) electrons. The molecular weight excluding hydrogens is 84.1 g/mol. The summed E-state index contributed by atoms with van der Waals surface area (Å²) in [5, 5.41) is 0. The molecule has 0 bridgehead atoms. The molecule has 0 nitrogen and oxygen atoms in total. The van der Waals surface area contributed by atoms with Crippen LogP contribution in [0, 0.1) is 5.89 Å². The molecule has 0 aliphatic heterocycles. The largest absolute Gasteiger partial charge is 0.0625 e. The first-order chi connectivity index (χ1) is 5.21. The second kappa shape index (κ2) is 2.34. The Bertz CT molecular complexity index is 166. The fraction of sp³-hybridized carbons (Fsp3) is 1.00. The van der Waals surface area contributed by atoms with Crippen LogP contribution in [0.5, 0.6) is 0 Å². The van der Waals surface area contributed by atoms with Crippen molar-refractivity contribution in [1.82, 2.24) is 0 Å². The Morgan fingerprint density at radius 3 is 3.14 bits per heavy atom. The molecule has 1 aliphatic rings. The smallest absolute Gasteiger partial charge is 0.0300 e. The van der Waals surface area contributed by atoms with Crippen LogP contribution < -0.4 is 0 Å². The quantitative estimate of drug-likeness (QED) is 0.442. The fourth-order valence-electron chi connectivity index (χ4n) is 0.718. The van der Waals surface area contributed by atoms with E-state index in [0.29, 0.717) is 12.8 Å². The summed E-state index contributed by atoms with van der Waals surface area (Å²) in [5.41, 5.74) is 0. The van der Waals surface area contributed by atoms with Gasteiger partial charge >= 0.3 is 0 Å². The van der Waals surface area contributed by atoms with Crippen molar-refractivity contribution in [2.75, 3.05) is 0 Å². The average Bonchev–Trinajstić information content (AvgIpc) is 1.83. The standard InChI is InChI=1S/C7H14/c1-7-5-3-2-4-6-7/h7H,2-6H2,1H3/i3D2,5D2,7D. The zero-order valence-electron chi connectivity index (χ0n) is 9.62. The van der Waals surface area contributed by atoms with E-state index in [2.05, 4.69) is 0 Å². The molecule has 1 aliphatic carbocycles. The highest BCUT2D eigenvalue weighted by Gasteiger charge is 2.05. The summed E-state index contributed by atoms with van der Waals surface area (Å²) in [6.07, 6.45) is -2.60. The Morgan fingerprint density at radius 2 is 2.57 bits per heavy atom. The van der Waals surface area contributed by atoms with Gasteiger partial charge in [0.05, 0.1) is 0 Å². The molecule has 0 aromatic rings. The van der Waals surface area contributed by atoms with Gasteiger partial charge in [-0.1, -0.05) is 38.9 Å². The molecule has 0 saturated heterocycles. The lowest BCUT2D eigenvalue weighted by Crippen LogP contribution is -1.99. The highest BCUT2D eigenvalue weighted by molar-refractivity contribution is 4.59. The second-order valence-electron chi connectivity index (χ2n) is 1.94. The molecular formula is C7H14. The molecule has 0 spiro atoms. The maximum absolute atomic E-state index is 7.67. The van der Waals surface area contributed by atoms with Crippen molar-refractivity contribution in [3.8, 4) is 0 Å². The Morgan fingerprint density at radius 1 is 1.71 bits per heavy atom. The number of hydrogen-bond acceptors (Lipinski definition) is 0. The summed E-state index contributed by atoms with van der Waals surface area (Å²) in [6.45, 7) is 1.48. The van der Waals surface area contributed by atoms with E-state index in [-0.39, 0.29) is 6.42 Å². The minimum absolute atomic E-state index is 0.231. The topological polar surface area (TPSA) is 0 Å². The summed E-state index contributed by atoms with van der Waals surface area (Å²) in [7, 11) is 0. The van der Waals surface area contributed by atoms with E-state index < -0.39 is 18.6 Å². The molecule has 1 unspecified atom stereocenters. The molecule has 7 heavy (non-hydrogen) atoms. The van der Waals surface area contributed by atoms with Crippen LogP contribution in [0.15, 0.2) is 0 Å². The first kappa shape index (κ1) is 1.75. The summed E-state index contributed by atoms with van der Waals surface area (Å²) < 4.78 is 37.7. The van der Waals surface area contributed by atoms with Gasteiger partial charge in [0.2, 0.25) is 0 Å². The van der Waals surface area contributed by atoms with Gasteiger partial charge in [0.15, 0.2) is 0 Å². The third-order valence-corrected chi connectivity index (χ3v) is 1.16. The van der Waals surface area contributed by atoms with Crippen LogP contribution >= 0.6 is 0 Å². The monoisotopic (exact) mass is 103 g/mol. The van der Waals surface area contributed by atoms with Crippen LogP contribution in [-0.4, -0.2) is 0 Å². The van der Waals surface area contributed by atoms with Gasteiger partial charge in [0.25, 0.3) is 0 Å². The van der Waals surface area contributed by atoms with Gasteiger partial charge in [-0.15, -0.1) is 0 Å². The van der Waals surface area contributed by atoms with Gasteiger partial charge in [0, 0.05) is 6.85 Å². The minimum atomic E-state index is -2.03. The van der Waals surface area contributed by atoms with Crippen molar-refractivity contribution < 1.29 is 6.85 Å². The maximum Gasteiger partial charge on any atom is 0.0300 e. The highest BCUT2D eigenvalue weighted by Crippen LogP contribution is 2.21. The first-order valence-electron chi connectivity index (χ1n) is 5.21. The van der Waals surface area contributed by atoms with Gasteiger partial charge < -0.3 is 0 Å². The van der Waals surface area contributed by atoms with Gasteiger partial charge in [-0.05, 0) is 5.89 Å². The van der Waals surface area contributed by atoms with E-state index in [4.69, 9.17) is 6.85 Å². The van der Waals surface area contributed by atoms with Crippen molar-refractivity contribution in [3.05, 3.63) is 0 Å². The van der Waals surface area contributed by atoms with Gasteiger partial charge in [-0.3, -0.25) is 0 Å². The van der Waals surface area contributed by atoms with E-state index in [9.17, 15) is 0 Å². The van der Waals surface area contributed by atoms with E-state index in [0.717, 1.165) is 0 Å². The molecule has 1 fully saturated rings. The maximum atomic E-state index is 7.67. The summed E-state index contributed by atoms with van der Waals surface area (Å²) in [4.78, 5) is 0. The van der Waals surface area contributed by atoms with Gasteiger partial charge in [0.1, 0.15) is 0 Å². The molecule has 0 heteroatoms. The third kappa shape index (κ3) is 1.50. The van der Waals surface area contributed by atoms with Crippen LogP contribution in [0.2, 0.25) is 0 Å². The molecule has 1 saturated carbocycles. The SMILES string of the molecule is [2H]C1([2H])CCCC([2H])(C)C1([2H])[2H]. The van der Waals surface area contributed by atoms with Crippen molar-refractivity contribution in [3.63, 3.8) is 0 Å². The van der Waals surface area contributed by atoms with Crippen molar-refractivity contribution in [2.24, 2.45) is 5.89 Å². The lowest BCUT2D eigenvalue weighted by molar-refractivity contribution is 0.385. The molecule has 0 aromatic heterocycles. The van der Waals surface area contributed by atoms with Crippen LogP contribution in [-0.2, 0) is 0 Å². The Kier molecular flexibility index (Phi) is 0.586. The molecule has 1 atom stereocenters. The molecule has 0 heterocycles. The van der Waals surface area contributed by atoms with Crippen LogP contribution in [0.1, 0.15) is 45.8 Å². The average molecular weight is 103 g/mol. The third-order valence-electron chi connectivity index (χ3n) is 1.16. The Labute approximate surface area is 52.9 Å². The molecule has 0 aromatic carbocycles. The second-order valence-corrected chi connectivity index (χ2v) is 1.94. The highest BCUT2D eigenvalue weighted by atomic mass is 14.1. The predicted octanol–water partition coefficient (Wildman–Crippen LogP) is 2.59.